The minimum Gasteiger partial charge on any atom is -0.283 e. The van der Waals surface area contributed by atoms with Crippen molar-refractivity contribution < 1.29 is 21.2 Å². The first-order valence-corrected chi connectivity index (χ1v) is 13.3. The number of rotatable bonds is 6. The number of anilines is 1. The Hall–Kier alpha value is -2.76. The van der Waals surface area contributed by atoms with Gasteiger partial charge in [0.2, 0.25) is 10.0 Å². The Morgan fingerprint density at radius 2 is 1.74 bits per heavy atom. The van der Waals surface area contributed by atoms with Crippen molar-refractivity contribution in [1.29, 1.82) is 0 Å². The highest BCUT2D eigenvalue weighted by molar-refractivity contribution is 7.92. The molecule has 1 aliphatic heterocycles. The highest BCUT2D eigenvalue weighted by Gasteiger charge is 2.38. The smallest absolute Gasteiger partial charge is 0.279 e. The van der Waals surface area contributed by atoms with Gasteiger partial charge in [-0.25, -0.2) is 12.8 Å². The summed E-state index contributed by atoms with van der Waals surface area (Å²) in [7, 11) is -7.62. The van der Waals surface area contributed by atoms with Crippen LogP contribution in [0.4, 0.5) is 10.1 Å². The van der Waals surface area contributed by atoms with Crippen LogP contribution in [0, 0.1) is 5.82 Å². The maximum Gasteiger partial charge on any atom is 0.279 e. The van der Waals surface area contributed by atoms with E-state index in [1.807, 2.05) is 17.5 Å². The Labute approximate surface area is 184 Å². The number of hydrazone groups is 1. The number of benzene rings is 2. The number of thiophene rings is 1. The van der Waals surface area contributed by atoms with Crippen molar-refractivity contribution in [2.24, 2.45) is 5.10 Å². The second kappa shape index (κ2) is 8.06. The number of halogens is 1. The van der Waals surface area contributed by atoms with Gasteiger partial charge in [-0.15, -0.1) is 11.3 Å². The Morgan fingerprint density at radius 1 is 1.03 bits per heavy atom. The van der Waals surface area contributed by atoms with Crippen molar-refractivity contribution in [3.63, 3.8) is 0 Å². The molecule has 3 aromatic rings. The lowest BCUT2D eigenvalue weighted by Gasteiger charge is -2.22. The summed E-state index contributed by atoms with van der Waals surface area (Å²) in [5.74, 6) is -0.542. The monoisotopic (exact) mass is 479 g/mol. The van der Waals surface area contributed by atoms with Gasteiger partial charge in [-0.05, 0) is 41.8 Å². The van der Waals surface area contributed by atoms with Crippen molar-refractivity contribution in [3.8, 4) is 0 Å². The average molecular weight is 480 g/mol. The molecule has 0 unspecified atom stereocenters. The maximum absolute atomic E-state index is 13.3. The van der Waals surface area contributed by atoms with Crippen LogP contribution in [-0.4, -0.2) is 33.2 Å². The molecule has 0 amide bonds. The lowest BCUT2D eigenvalue weighted by molar-refractivity contribution is 0.375. The standard InChI is InChI=1S/C20H18FN3O4S3/c1-30(25,26)23-17-6-3-2-5-16(17)18-13-19(20-7-4-12-29-20)24(22-18)31(27,28)15-10-8-14(21)9-11-15/h2-12,19,23H,13H2,1H3/t19-/m0/s1. The highest BCUT2D eigenvalue weighted by Crippen LogP contribution is 2.39. The number of hydrogen-bond donors (Lipinski definition) is 1. The molecule has 0 aliphatic carbocycles. The van der Waals surface area contributed by atoms with Gasteiger partial charge in [0.15, 0.2) is 0 Å². The zero-order valence-electron chi connectivity index (χ0n) is 16.3. The average Bonchev–Trinajstić information content (AvgIpc) is 3.37. The largest absolute Gasteiger partial charge is 0.283 e. The van der Waals surface area contributed by atoms with E-state index in [9.17, 15) is 21.2 Å². The molecule has 1 N–H and O–H groups in total. The van der Waals surface area contributed by atoms with Crippen LogP contribution >= 0.6 is 11.3 Å². The summed E-state index contributed by atoms with van der Waals surface area (Å²) in [5.41, 5.74) is 1.23. The predicted octanol–water partition coefficient (Wildman–Crippen LogP) is 3.80. The van der Waals surface area contributed by atoms with Crippen LogP contribution < -0.4 is 4.72 Å². The van der Waals surface area contributed by atoms with Gasteiger partial charge >= 0.3 is 0 Å². The molecule has 0 radical (unpaired) electrons. The zero-order chi connectivity index (χ0) is 22.2. The van der Waals surface area contributed by atoms with Gasteiger partial charge in [0.05, 0.1) is 22.6 Å². The Bertz CT molecular complexity index is 1340. The second-order valence-corrected chi connectivity index (χ2v) is 11.5. The number of para-hydroxylation sites is 1. The Balaban J connectivity index is 1.81. The van der Waals surface area contributed by atoms with Crippen LogP contribution in [0.3, 0.4) is 0 Å². The third-order valence-corrected chi connectivity index (χ3v) is 7.90. The molecule has 1 atom stereocenters. The summed E-state index contributed by atoms with van der Waals surface area (Å²) >= 11 is 1.40. The van der Waals surface area contributed by atoms with E-state index in [1.165, 1.54) is 23.5 Å². The molecule has 31 heavy (non-hydrogen) atoms. The van der Waals surface area contributed by atoms with E-state index in [0.29, 0.717) is 17.0 Å². The third kappa shape index (κ3) is 4.48. The Kier molecular flexibility index (Phi) is 5.58. The molecule has 2 heterocycles. The third-order valence-electron chi connectivity index (χ3n) is 4.64. The lowest BCUT2D eigenvalue weighted by Crippen LogP contribution is -2.26. The fourth-order valence-electron chi connectivity index (χ4n) is 3.30. The molecule has 2 aromatic carbocycles. The summed E-state index contributed by atoms with van der Waals surface area (Å²) < 4.78 is 67.0. The van der Waals surface area contributed by atoms with E-state index >= 15 is 0 Å². The first-order chi connectivity index (χ1) is 14.6. The maximum atomic E-state index is 13.3. The van der Waals surface area contributed by atoms with Crippen LogP contribution in [-0.2, 0) is 20.0 Å². The number of sulfonamides is 2. The molecular formula is C20H18FN3O4S3. The first kappa shape index (κ1) is 21.5. The van der Waals surface area contributed by atoms with Crippen molar-refractivity contribution in [2.45, 2.75) is 17.4 Å². The van der Waals surface area contributed by atoms with Crippen LogP contribution in [0.25, 0.3) is 0 Å². The molecule has 7 nitrogen and oxygen atoms in total. The fraction of sp³-hybridized carbons (Fsp3) is 0.150. The van der Waals surface area contributed by atoms with Crippen molar-refractivity contribution in [2.75, 3.05) is 11.0 Å². The molecule has 1 aliphatic rings. The molecule has 1 aromatic heterocycles. The lowest BCUT2D eigenvalue weighted by atomic mass is 10.0. The van der Waals surface area contributed by atoms with E-state index in [2.05, 4.69) is 9.82 Å². The fourth-order valence-corrected chi connectivity index (χ4v) is 6.19. The molecule has 11 heteroatoms. The predicted molar refractivity (Wildman–Crippen MR) is 119 cm³/mol. The van der Waals surface area contributed by atoms with Gasteiger partial charge < -0.3 is 0 Å². The quantitative estimate of drug-likeness (QED) is 0.582. The summed E-state index contributed by atoms with van der Waals surface area (Å²) in [4.78, 5) is 0.709. The molecule has 162 valence electrons. The molecule has 0 spiro atoms. The van der Waals surface area contributed by atoms with Crippen molar-refractivity contribution >= 4 is 42.8 Å². The summed E-state index contributed by atoms with van der Waals surface area (Å²) in [6.45, 7) is 0. The SMILES string of the molecule is CS(=O)(=O)Nc1ccccc1C1=NN(S(=O)(=O)c2ccc(F)cc2)[C@H](c2cccs2)C1. The molecule has 0 saturated carbocycles. The normalized spacial score (nSPS) is 16.9. The molecule has 0 saturated heterocycles. The van der Waals surface area contributed by atoms with Gasteiger partial charge in [-0.3, -0.25) is 4.72 Å². The van der Waals surface area contributed by atoms with Gasteiger partial charge in [0, 0.05) is 16.9 Å². The Morgan fingerprint density at radius 3 is 2.39 bits per heavy atom. The van der Waals surface area contributed by atoms with E-state index in [0.717, 1.165) is 27.7 Å². The first-order valence-electron chi connectivity index (χ1n) is 9.13. The zero-order valence-corrected chi connectivity index (χ0v) is 18.7. The van der Waals surface area contributed by atoms with Crippen LogP contribution in [0.15, 0.2) is 76.0 Å². The van der Waals surface area contributed by atoms with E-state index < -0.39 is 31.9 Å². The van der Waals surface area contributed by atoms with Gasteiger partial charge in [-0.2, -0.15) is 17.9 Å². The van der Waals surface area contributed by atoms with Gasteiger partial charge in [-0.1, -0.05) is 24.3 Å². The summed E-state index contributed by atoms with van der Waals surface area (Å²) in [5, 5.41) is 6.24. The van der Waals surface area contributed by atoms with Crippen LogP contribution in [0.5, 0.6) is 0 Å². The summed E-state index contributed by atoms with van der Waals surface area (Å²) in [6.07, 6.45) is 1.30. The summed E-state index contributed by atoms with van der Waals surface area (Å²) in [6, 6.07) is 14.3. The van der Waals surface area contributed by atoms with Gasteiger partial charge in [0.25, 0.3) is 10.0 Å². The minimum absolute atomic E-state index is 0.0806. The second-order valence-electron chi connectivity index (χ2n) is 6.93. The van der Waals surface area contributed by atoms with Crippen LogP contribution in [0.1, 0.15) is 22.9 Å². The molecule has 0 bridgehead atoms. The molecule has 4 rings (SSSR count). The molecular weight excluding hydrogens is 461 g/mol. The van der Waals surface area contributed by atoms with Gasteiger partial charge in [0.1, 0.15) is 11.9 Å². The number of hydrogen-bond acceptors (Lipinski definition) is 6. The topological polar surface area (TPSA) is 95.9 Å². The van der Waals surface area contributed by atoms with Crippen molar-refractivity contribution in [1.82, 2.24) is 4.41 Å². The van der Waals surface area contributed by atoms with Crippen LogP contribution in [0.2, 0.25) is 0 Å². The molecule has 0 fully saturated rings. The minimum atomic E-state index is -4.07. The van der Waals surface area contributed by atoms with E-state index in [4.69, 9.17) is 0 Å². The van der Waals surface area contributed by atoms with E-state index in [1.54, 1.807) is 24.3 Å². The van der Waals surface area contributed by atoms with E-state index in [-0.39, 0.29) is 11.3 Å². The number of nitrogens with zero attached hydrogens (tertiary/aromatic N) is 2. The van der Waals surface area contributed by atoms with Crippen molar-refractivity contribution in [3.05, 3.63) is 82.3 Å². The highest BCUT2D eigenvalue weighted by atomic mass is 32.2. The number of nitrogens with one attached hydrogen (secondary N) is 1.